The molecule has 186 valence electrons. The van der Waals surface area contributed by atoms with Crippen LogP contribution in [0.4, 0.5) is 28.8 Å². The van der Waals surface area contributed by atoms with E-state index in [0.717, 1.165) is 6.26 Å². The Morgan fingerprint density at radius 3 is 2.37 bits per heavy atom. The quantitative estimate of drug-likeness (QED) is 0.358. The lowest BCUT2D eigenvalue weighted by atomic mass is 10.1. The van der Waals surface area contributed by atoms with E-state index >= 15 is 0 Å². The van der Waals surface area contributed by atoms with Crippen molar-refractivity contribution in [2.75, 3.05) is 41.8 Å². The summed E-state index contributed by atoms with van der Waals surface area (Å²) in [6, 6.07) is 11.8. The van der Waals surface area contributed by atoms with E-state index in [-0.39, 0.29) is 22.7 Å². The van der Waals surface area contributed by atoms with Crippen LogP contribution in [0.2, 0.25) is 5.02 Å². The van der Waals surface area contributed by atoms with Gasteiger partial charge in [0.25, 0.3) is 5.91 Å². The molecule has 0 aliphatic heterocycles. The lowest BCUT2D eigenvalue weighted by Gasteiger charge is -2.20. The molecule has 0 spiro atoms. The highest BCUT2D eigenvalue weighted by molar-refractivity contribution is 7.92. The fraction of sp³-hybridized carbons (Fsp3) is 0.261. The van der Waals surface area contributed by atoms with Crippen molar-refractivity contribution in [3.8, 4) is 5.75 Å². The molecule has 1 amide bonds. The number of aromatic nitrogens is 2. The molecular formula is C23H27ClN6O4S. The Morgan fingerprint density at radius 2 is 1.74 bits per heavy atom. The molecule has 10 nitrogen and oxygen atoms in total. The molecule has 3 rings (SSSR count). The number of benzene rings is 2. The molecule has 0 fully saturated rings. The fourth-order valence-electron chi connectivity index (χ4n) is 3.28. The predicted octanol–water partition coefficient (Wildman–Crippen LogP) is 4.48. The van der Waals surface area contributed by atoms with Crippen LogP contribution in [-0.2, 0) is 10.0 Å². The second-order valence-electron chi connectivity index (χ2n) is 7.45. The van der Waals surface area contributed by atoms with Crippen LogP contribution in [0, 0.1) is 0 Å². The Hall–Kier alpha value is -3.57. The molecule has 2 aromatic carbocycles. The number of carbonyl (C=O) groups excluding carboxylic acids is 1. The number of sulfonamides is 1. The van der Waals surface area contributed by atoms with Gasteiger partial charge in [-0.1, -0.05) is 23.7 Å². The van der Waals surface area contributed by atoms with E-state index in [1.165, 1.54) is 13.3 Å². The minimum Gasteiger partial charge on any atom is -0.495 e. The van der Waals surface area contributed by atoms with E-state index < -0.39 is 10.0 Å². The second kappa shape index (κ2) is 11.2. The third-order valence-corrected chi connectivity index (χ3v) is 5.83. The third kappa shape index (κ3) is 6.74. The van der Waals surface area contributed by atoms with E-state index in [1.807, 2.05) is 13.8 Å². The zero-order chi connectivity index (χ0) is 25.6. The number of ether oxygens (including phenoxy) is 1. The number of amides is 1. The van der Waals surface area contributed by atoms with Gasteiger partial charge in [0.05, 0.1) is 36.6 Å². The highest BCUT2D eigenvalue weighted by Crippen LogP contribution is 2.32. The topological polar surface area (TPSA) is 126 Å². The number of para-hydroxylation sites is 2. The molecule has 0 bridgehead atoms. The number of hydrogen-bond acceptors (Lipinski definition) is 8. The van der Waals surface area contributed by atoms with Crippen molar-refractivity contribution < 1.29 is 17.9 Å². The lowest BCUT2D eigenvalue weighted by molar-refractivity contribution is 0.0773. The first-order valence-corrected chi connectivity index (χ1v) is 13.0. The average molecular weight is 519 g/mol. The fourth-order valence-corrected chi connectivity index (χ4v) is 3.99. The highest BCUT2D eigenvalue weighted by atomic mass is 35.5. The summed E-state index contributed by atoms with van der Waals surface area (Å²) < 4.78 is 31.3. The zero-order valence-electron chi connectivity index (χ0n) is 19.8. The molecule has 1 heterocycles. The molecule has 0 aliphatic carbocycles. The summed E-state index contributed by atoms with van der Waals surface area (Å²) >= 11 is 6.30. The van der Waals surface area contributed by atoms with Gasteiger partial charge in [-0.2, -0.15) is 4.98 Å². The van der Waals surface area contributed by atoms with Gasteiger partial charge in [0, 0.05) is 18.7 Å². The van der Waals surface area contributed by atoms with Gasteiger partial charge >= 0.3 is 0 Å². The van der Waals surface area contributed by atoms with Gasteiger partial charge in [-0.25, -0.2) is 13.4 Å². The molecular weight excluding hydrogens is 492 g/mol. The van der Waals surface area contributed by atoms with Gasteiger partial charge in [-0.3, -0.25) is 9.52 Å². The monoisotopic (exact) mass is 518 g/mol. The van der Waals surface area contributed by atoms with Gasteiger partial charge < -0.3 is 20.3 Å². The number of carbonyl (C=O) groups is 1. The number of hydrogen-bond donors (Lipinski definition) is 3. The summed E-state index contributed by atoms with van der Waals surface area (Å²) in [4.78, 5) is 23.2. The zero-order valence-corrected chi connectivity index (χ0v) is 21.4. The molecule has 1 aromatic heterocycles. The smallest absolute Gasteiger partial charge is 0.253 e. The van der Waals surface area contributed by atoms with Crippen LogP contribution in [0.1, 0.15) is 24.2 Å². The van der Waals surface area contributed by atoms with Gasteiger partial charge in [0.2, 0.25) is 16.0 Å². The predicted molar refractivity (Wildman–Crippen MR) is 139 cm³/mol. The maximum Gasteiger partial charge on any atom is 0.253 e. The average Bonchev–Trinajstić information content (AvgIpc) is 2.82. The molecule has 0 radical (unpaired) electrons. The number of nitrogens with one attached hydrogen (secondary N) is 3. The molecule has 0 saturated carbocycles. The van der Waals surface area contributed by atoms with E-state index in [9.17, 15) is 13.2 Å². The van der Waals surface area contributed by atoms with Crippen molar-refractivity contribution in [2.24, 2.45) is 0 Å². The number of methoxy groups -OCH3 is 1. The lowest BCUT2D eigenvalue weighted by Crippen LogP contribution is -2.30. The second-order valence-corrected chi connectivity index (χ2v) is 9.61. The molecule has 0 aliphatic rings. The van der Waals surface area contributed by atoms with Gasteiger partial charge in [-0.15, -0.1) is 0 Å². The number of halogens is 1. The van der Waals surface area contributed by atoms with E-state index in [0.29, 0.717) is 41.5 Å². The third-order valence-electron chi connectivity index (χ3n) is 4.96. The normalized spacial score (nSPS) is 11.0. The van der Waals surface area contributed by atoms with Crippen molar-refractivity contribution in [3.63, 3.8) is 0 Å². The molecule has 0 atom stereocenters. The van der Waals surface area contributed by atoms with Crippen LogP contribution < -0.4 is 20.1 Å². The van der Waals surface area contributed by atoms with Crippen molar-refractivity contribution in [1.82, 2.24) is 14.9 Å². The minimum absolute atomic E-state index is 0.102. The van der Waals surface area contributed by atoms with Crippen LogP contribution in [0.3, 0.4) is 0 Å². The maximum absolute atomic E-state index is 12.8. The first-order chi connectivity index (χ1) is 16.6. The van der Waals surface area contributed by atoms with Crippen LogP contribution in [0.5, 0.6) is 5.75 Å². The van der Waals surface area contributed by atoms with Gasteiger partial charge in [0.1, 0.15) is 10.8 Å². The first-order valence-electron chi connectivity index (χ1n) is 10.8. The van der Waals surface area contributed by atoms with Crippen molar-refractivity contribution in [1.29, 1.82) is 0 Å². The molecule has 3 N–H and O–H groups in total. The molecule has 0 saturated heterocycles. The summed E-state index contributed by atoms with van der Waals surface area (Å²) in [6.45, 7) is 5.03. The first kappa shape index (κ1) is 26.0. The van der Waals surface area contributed by atoms with Crippen molar-refractivity contribution in [3.05, 3.63) is 59.2 Å². The molecule has 0 unspecified atom stereocenters. The molecule has 35 heavy (non-hydrogen) atoms. The van der Waals surface area contributed by atoms with Gasteiger partial charge in [0.15, 0.2) is 5.82 Å². The molecule has 3 aromatic rings. The van der Waals surface area contributed by atoms with E-state index in [2.05, 4.69) is 25.3 Å². The highest BCUT2D eigenvalue weighted by Gasteiger charge is 2.16. The largest absolute Gasteiger partial charge is 0.495 e. The van der Waals surface area contributed by atoms with Crippen molar-refractivity contribution >= 4 is 56.4 Å². The Balaban J connectivity index is 1.92. The van der Waals surface area contributed by atoms with Crippen LogP contribution in [-0.4, -0.2) is 55.6 Å². The molecule has 12 heteroatoms. The minimum atomic E-state index is -3.49. The Labute approximate surface area is 209 Å². The van der Waals surface area contributed by atoms with Crippen LogP contribution in [0.15, 0.2) is 48.7 Å². The summed E-state index contributed by atoms with van der Waals surface area (Å²) in [5.74, 6) is 0.837. The van der Waals surface area contributed by atoms with E-state index in [4.69, 9.17) is 16.3 Å². The Kier molecular flexibility index (Phi) is 8.36. The summed E-state index contributed by atoms with van der Waals surface area (Å²) in [5.41, 5.74) is 1.78. The summed E-state index contributed by atoms with van der Waals surface area (Å²) in [7, 11) is -1.97. The summed E-state index contributed by atoms with van der Waals surface area (Å²) in [6.07, 6.45) is 2.47. The Morgan fingerprint density at radius 1 is 1.06 bits per heavy atom. The van der Waals surface area contributed by atoms with Crippen molar-refractivity contribution in [2.45, 2.75) is 13.8 Å². The SMILES string of the molecule is CCN(CC)C(=O)c1ccc(OC)c(Nc2ncc(Cl)c(Nc3ccccc3NS(C)(=O)=O)n2)c1. The maximum atomic E-state index is 12.8. The van der Waals surface area contributed by atoms with Gasteiger partial charge in [-0.05, 0) is 44.2 Å². The van der Waals surface area contributed by atoms with Crippen LogP contribution >= 0.6 is 11.6 Å². The Bertz CT molecular complexity index is 1320. The van der Waals surface area contributed by atoms with E-state index in [1.54, 1.807) is 47.4 Å². The van der Waals surface area contributed by atoms with Crippen LogP contribution in [0.25, 0.3) is 0 Å². The number of nitrogens with zero attached hydrogens (tertiary/aromatic N) is 3. The summed E-state index contributed by atoms with van der Waals surface area (Å²) in [5, 5.41) is 6.33. The standard InChI is InChI=1S/C23H27ClN6O4S/c1-5-30(6-2)22(31)15-11-12-20(34-3)19(13-15)27-23-25-14-16(24)21(28-23)26-17-9-7-8-10-18(17)29-35(4,32)33/h7-14,29H,5-6H2,1-4H3,(H2,25,26,27,28). The number of anilines is 5. The number of rotatable bonds is 10.